The molecule has 28 heavy (non-hydrogen) atoms. The molecule has 0 aromatic rings. The van der Waals surface area contributed by atoms with Gasteiger partial charge in [-0.3, -0.25) is 4.57 Å². The van der Waals surface area contributed by atoms with Gasteiger partial charge in [-0.15, -0.1) is 0 Å². The van der Waals surface area contributed by atoms with E-state index in [1.807, 2.05) is 28.1 Å². The van der Waals surface area contributed by atoms with Crippen molar-refractivity contribution >= 4 is 7.60 Å². The van der Waals surface area contributed by atoms with Gasteiger partial charge in [-0.25, -0.2) is 0 Å². The molecule has 0 fully saturated rings. The van der Waals surface area contributed by atoms with Crippen molar-refractivity contribution in [2.45, 2.75) is 110 Å². The molecule has 0 amide bonds. The summed E-state index contributed by atoms with van der Waals surface area (Å²) in [6.45, 7) is 4.54. The zero-order chi connectivity index (χ0) is 21.3. The fourth-order valence-corrected chi connectivity index (χ4v) is 5.67. The summed E-state index contributed by atoms with van der Waals surface area (Å²) in [5.74, 6) is -0.333. The Balaban J connectivity index is 3.62. The van der Waals surface area contributed by atoms with E-state index >= 15 is 0 Å². The zero-order valence-corrected chi connectivity index (χ0v) is 20.4. The molecule has 0 aliphatic rings. The summed E-state index contributed by atoms with van der Waals surface area (Å²) in [6.07, 6.45) is 21.2. The number of quaternary nitrogens is 1. The average Bonchev–Trinajstić information content (AvgIpc) is 2.61. The van der Waals surface area contributed by atoms with Crippen LogP contribution < -0.4 is 0 Å². The van der Waals surface area contributed by atoms with Crippen molar-refractivity contribution in [1.82, 2.24) is 0 Å². The Labute approximate surface area is 175 Å². The van der Waals surface area contributed by atoms with Crippen LogP contribution in [-0.4, -0.2) is 42.9 Å². The van der Waals surface area contributed by atoms with E-state index in [1.165, 1.54) is 64.2 Å². The Bertz CT molecular complexity index is 432. The van der Waals surface area contributed by atoms with E-state index in [4.69, 9.17) is 4.52 Å². The largest absolute Gasteiger partial charge is 0.385 e. The highest BCUT2D eigenvalue weighted by atomic mass is 31.2. The second-order valence-electron chi connectivity index (χ2n) is 9.03. The summed E-state index contributed by atoms with van der Waals surface area (Å²) < 4.78 is 18.5. The molecule has 0 bridgehead atoms. The quantitative estimate of drug-likeness (QED) is 0.104. The summed E-state index contributed by atoms with van der Waals surface area (Å²) >= 11 is 0. The predicted octanol–water partition coefficient (Wildman–Crippen LogP) is 7.28. The van der Waals surface area contributed by atoms with Crippen LogP contribution in [0.3, 0.4) is 0 Å². The molecule has 0 heterocycles. The van der Waals surface area contributed by atoms with E-state index < -0.39 is 7.60 Å². The Kier molecular flexibility index (Phi) is 16.5. The molecule has 0 aromatic heterocycles. The first-order valence-corrected chi connectivity index (χ1v) is 13.3. The molecule has 1 N–H and O–H groups in total. The lowest BCUT2D eigenvalue weighted by Gasteiger charge is -2.35. The molecular formula is C23H49NO3P+. The van der Waals surface area contributed by atoms with Crippen LogP contribution in [0.15, 0.2) is 12.2 Å². The lowest BCUT2D eigenvalue weighted by Crippen LogP contribution is -2.45. The van der Waals surface area contributed by atoms with Crippen molar-refractivity contribution in [2.24, 2.45) is 0 Å². The van der Waals surface area contributed by atoms with Gasteiger partial charge in [-0.2, -0.15) is 0 Å². The first-order chi connectivity index (χ1) is 13.3. The SMILES string of the molecule is C/C=C\CCCCCCCCCCCCCOP(=O)(O)C(CCC)[N+](C)(C)C. The molecular weight excluding hydrogens is 369 g/mol. The molecule has 0 aliphatic heterocycles. The van der Waals surface area contributed by atoms with Gasteiger partial charge in [0.05, 0.1) is 27.7 Å². The molecule has 2 unspecified atom stereocenters. The van der Waals surface area contributed by atoms with Gasteiger partial charge in [0.25, 0.3) is 0 Å². The van der Waals surface area contributed by atoms with Gasteiger partial charge < -0.3 is 13.9 Å². The molecule has 2 atom stereocenters. The third-order valence-corrected chi connectivity index (χ3v) is 7.60. The molecule has 0 aliphatic carbocycles. The van der Waals surface area contributed by atoms with Gasteiger partial charge in [0, 0.05) is 6.42 Å². The van der Waals surface area contributed by atoms with Crippen molar-refractivity contribution in [1.29, 1.82) is 0 Å². The maximum atomic E-state index is 12.6. The van der Waals surface area contributed by atoms with Crippen molar-refractivity contribution < 1.29 is 18.5 Å². The van der Waals surface area contributed by atoms with Gasteiger partial charge in [0.1, 0.15) is 0 Å². The molecule has 0 spiro atoms. The first kappa shape index (κ1) is 27.8. The maximum absolute atomic E-state index is 12.6. The topological polar surface area (TPSA) is 46.5 Å². The molecule has 5 heteroatoms. The third-order valence-electron chi connectivity index (χ3n) is 5.34. The van der Waals surface area contributed by atoms with Gasteiger partial charge in [0.2, 0.25) is 0 Å². The lowest BCUT2D eigenvalue weighted by molar-refractivity contribution is -0.883. The first-order valence-electron chi connectivity index (χ1n) is 11.6. The number of unbranched alkanes of at least 4 members (excludes halogenated alkanes) is 11. The number of allylic oxidation sites excluding steroid dienone is 2. The number of nitrogens with zero attached hydrogens (tertiary/aromatic N) is 1. The fourth-order valence-electron chi connectivity index (χ4n) is 3.65. The highest BCUT2D eigenvalue weighted by Crippen LogP contribution is 2.51. The Hall–Kier alpha value is -0.150. The predicted molar refractivity (Wildman–Crippen MR) is 123 cm³/mol. The number of hydrogen-bond donors (Lipinski definition) is 1. The van der Waals surface area contributed by atoms with E-state index in [0.717, 1.165) is 19.3 Å². The molecule has 0 saturated carbocycles. The van der Waals surface area contributed by atoms with Crippen molar-refractivity contribution in [3.63, 3.8) is 0 Å². The van der Waals surface area contributed by atoms with Crippen molar-refractivity contribution in [3.8, 4) is 0 Å². The minimum absolute atomic E-state index is 0.333. The van der Waals surface area contributed by atoms with E-state index in [2.05, 4.69) is 19.1 Å². The van der Waals surface area contributed by atoms with Gasteiger partial charge >= 0.3 is 7.60 Å². The minimum atomic E-state index is -3.56. The summed E-state index contributed by atoms with van der Waals surface area (Å²) in [5, 5.41) is 0. The second kappa shape index (κ2) is 16.6. The Morgan fingerprint density at radius 3 is 1.79 bits per heavy atom. The van der Waals surface area contributed by atoms with Crippen LogP contribution in [0.25, 0.3) is 0 Å². The average molecular weight is 419 g/mol. The van der Waals surface area contributed by atoms with Crippen LogP contribution in [0.5, 0.6) is 0 Å². The van der Waals surface area contributed by atoms with Gasteiger partial charge in [-0.1, -0.05) is 76.9 Å². The van der Waals surface area contributed by atoms with Crippen LogP contribution in [-0.2, 0) is 9.09 Å². The third kappa shape index (κ3) is 14.8. The van der Waals surface area contributed by atoms with Crippen LogP contribution in [0.4, 0.5) is 0 Å². The highest BCUT2D eigenvalue weighted by molar-refractivity contribution is 7.53. The Morgan fingerprint density at radius 2 is 1.36 bits per heavy atom. The summed E-state index contributed by atoms with van der Waals surface area (Å²) in [7, 11) is 2.35. The van der Waals surface area contributed by atoms with E-state index in [-0.39, 0.29) is 5.78 Å². The van der Waals surface area contributed by atoms with E-state index in [1.54, 1.807) is 0 Å². The van der Waals surface area contributed by atoms with Gasteiger partial charge in [0.15, 0.2) is 5.78 Å². The number of hydrogen-bond acceptors (Lipinski definition) is 2. The molecule has 4 nitrogen and oxygen atoms in total. The summed E-state index contributed by atoms with van der Waals surface area (Å²) in [5.41, 5.74) is 0. The maximum Gasteiger partial charge on any atom is 0.385 e. The summed E-state index contributed by atoms with van der Waals surface area (Å²) in [4.78, 5) is 10.4. The van der Waals surface area contributed by atoms with Gasteiger partial charge in [-0.05, 0) is 32.6 Å². The minimum Gasteiger partial charge on any atom is -0.320 e. The summed E-state index contributed by atoms with van der Waals surface area (Å²) in [6, 6.07) is 0. The van der Waals surface area contributed by atoms with Crippen LogP contribution >= 0.6 is 7.60 Å². The second-order valence-corrected chi connectivity index (χ2v) is 11.0. The van der Waals surface area contributed by atoms with E-state index in [9.17, 15) is 9.46 Å². The van der Waals surface area contributed by atoms with Crippen LogP contribution in [0.1, 0.15) is 104 Å². The monoisotopic (exact) mass is 418 g/mol. The smallest absolute Gasteiger partial charge is 0.320 e. The zero-order valence-electron chi connectivity index (χ0n) is 19.5. The normalized spacial score (nSPS) is 15.8. The molecule has 0 aromatic carbocycles. The van der Waals surface area contributed by atoms with Crippen molar-refractivity contribution in [2.75, 3.05) is 27.7 Å². The molecule has 168 valence electrons. The molecule has 0 saturated heterocycles. The van der Waals surface area contributed by atoms with Crippen LogP contribution in [0, 0.1) is 0 Å². The Morgan fingerprint density at radius 1 is 0.893 bits per heavy atom. The van der Waals surface area contributed by atoms with E-state index in [0.29, 0.717) is 17.5 Å². The van der Waals surface area contributed by atoms with Crippen molar-refractivity contribution in [3.05, 3.63) is 12.2 Å². The standard InChI is InChI=1S/C23H48NO3P/c1-6-8-9-10-11-12-13-14-15-16-17-18-19-20-22-27-28(25,26)23(21-7-2)24(3,4)5/h6,8,23H,7,9-22H2,1-5H3/p+1/b8-6-. The van der Waals surface area contributed by atoms with Crippen LogP contribution in [0.2, 0.25) is 0 Å². The number of rotatable bonds is 19. The highest BCUT2D eigenvalue weighted by Gasteiger charge is 2.41. The lowest BCUT2D eigenvalue weighted by atomic mass is 10.1. The molecule has 0 rings (SSSR count). The molecule has 0 radical (unpaired) electrons. The fraction of sp³-hybridized carbons (Fsp3) is 0.913.